The highest BCUT2D eigenvalue weighted by molar-refractivity contribution is 6.32. The fourth-order valence-corrected chi connectivity index (χ4v) is 2.09. The molecule has 1 heterocycles. The Balaban J connectivity index is 2.80. The zero-order valence-corrected chi connectivity index (χ0v) is 10.3. The molecule has 0 spiro atoms. The molecule has 5 heteroatoms. The first-order valence-corrected chi connectivity index (χ1v) is 5.46. The molecule has 2 rings (SSSR count). The monoisotopic (exact) mass is 253 g/mol. The smallest absolute Gasteiger partial charge is 0.340 e. The molecule has 0 atom stereocenters. The number of nitrogens with one attached hydrogen (secondary N) is 1. The van der Waals surface area contributed by atoms with Crippen LogP contribution in [0.25, 0.3) is 10.9 Å². The van der Waals surface area contributed by atoms with Gasteiger partial charge < -0.3 is 14.8 Å². The number of aryl methyl sites for hydroxylation is 1. The number of H-pyrrole nitrogens is 1. The van der Waals surface area contributed by atoms with E-state index in [0.29, 0.717) is 21.8 Å². The standard InChI is InChI=1S/C12H12ClNO3/c1-6-8-3-7(13)4-9(12(16)17-2)11(8)14-10(6)5-15/h3-4,14-15H,5H2,1-2H3. The van der Waals surface area contributed by atoms with Gasteiger partial charge in [-0.3, -0.25) is 0 Å². The lowest BCUT2D eigenvalue weighted by molar-refractivity contribution is 0.0603. The Morgan fingerprint density at radius 3 is 2.82 bits per heavy atom. The number of methoxy groups -OCH3 is 1. The Bertz CT molecular complexity index is 589. The Hall–Kier alpha value is -1.52. The van der Waals surface area contributed by atoms with Gasteiger partial charge in [0.15, 0.2) is 0 Å². The van der Waals surface area contributed by atoms with Crippen molar-refractivity contribution in [1.29, 1.82) is 0 Å². The molecule has 1 aromatic carbocycles. The van der Waals surface area contributed by atoms with E-state index in [9.17, 15) is 9.90 Å². The lowest BCUT2D eigenvalue weighted by Gasteiger charge is -2.02. The lowest BCUT2D eigenvalue weighted by Crippen LogP contribution is -2.02. The van der Waals surface area contributed by atoms with Gasteiger partial charge in [-0.05, 0) is 24.6 Å². The highest BCUT2D eigenvalue weighted by atomic mass is 35.5. The molecular weight excluding hydrogens is 242 g/mol. The Morgan fingerprint density at radius 1 is 1.53 bits per heavy atom. The van der Waals surface area contributed by atoms with Gasteiger partial charge >= 0.3 is 5.97 Å². The van der Waals surface area contributed by atoms with Gasteiger partial charge in [0.2, 0.25) is 0 Å². The molecule has 17 heavy (non-hydrogen) atoms. The number of benzene rings is 1. The molecule has 0 saturated carbocycles. The van der Waals surface area contributed by atoms with Crippen LogP contribution >= 0.6 is 11.6 Å². The minimum Gasteiger partial charge on any atom is -0.465 e. The predicted octanol–water partition coefficient (Wildman–Crippen LogP) is 2.41. The van der Waals surface area contributed by atoms with Gasteiger partial charge in [0, 0.05) is 16.1 Å². The van der Waals surface area contributed by atoms with Gasteiger partial charge in [-0.15, -0.1) is 0 Å². The maximum absolute atomic E-state index is 11.6. The van der Waals surface area contributed by atoms with Crippen LogP contribution in [-0.4, -0.2) is 23.2 Å². The summed E-state index contributed by atoms with van der Waals surface area (Å²) < 4.78 is 4.70. The Labute approximate surface area is 103 Å². The quantitative estimate of drug-likeness (QED) is 0.808. The largest absolute Gasteiger partial charge is 0.465 e. The van der Waals surface area contributed by atoms with Crippen molar-refractivity contribution in [3.63, 3.8) is 0 Å². The molecule has 0 saturated heterocycles. The van der Waals surface area contributed by atoms with E-state index in [4.69, 9.17) is 16.3 Å². The van der Waals surface area contributed by atoms with E-state index in [2.05, 4.69) is 4.98 Å². The molecule has 2 N–H and O–H groups in total. The first kappa shape index (κ1) is 12.0. The molecule has 0 aliphatic heterocycles. The van der Waals surface area contributed by atoms with Crippen molar-refractivity contribution in [2.75, 3.05) is 7.11 Å². The summed E-state index contributed by atoms with van der Waals surface area (Å²) in [6.45, 7) is 1.75. The van der Waals surface area contributed by atoms with Gasteiger partial charge in [0.05, 0.1) is 24.8 Å². The van der Waals surface area contributed by atoms with Crippen molar-refractivity contribution >= 4 is 28.5 Å². The topological polar surface area (TPSA) is 62.3 Å². The number of hydrogen-bond donors (Lipinski definition) is 2. The summed E-state index contributed by atoms with van der Waals surface area (Å²) in [5.74, 6) is -0.455. The van der Waals surface area contributed by atoms with Crippen molar-refractivity contribution in [2.24, 2.45) is 0 Å². The number of ether oxygens (including phenoxy) is 1. The van der Waals surface area contributed by atoms with Crippen molar-refractivity contribution < 1.29 is 14.6 Å². The van der Waals surface area contributed by atoms with Crippen molar-refractivity contribution in [3.8, 4) is 0 Å². The van der Waals surface area contributed by atoms with Crippen LogP contribution in [0.15, 0.2) is 12.1 Å². The van der Waals surface area contributed by atoms with Gasteiger partial charge in [0.25, 0.3) is 0 Å². The third-order valence-electron chi connectivity index (χ3n) is 2.80. The highest BCUT2D eigenvalue weighted by Gasteiger charge is 2.16. The van der Waals surface area contributed by atoms with Crippen LogP contribution in [-0.2, 0) is 11.3 Å². The van der Waals surface area contributed by atoms with E-state index in [1.165, 1.54) is 7.11 Å². The Morgan fingerprint density at radius 2 is 2.24 bits per heavy atom. The van der Waals surface area contributed by atoms with Crippen LogP contribution in [0.1, 0.15) is 21.6 Å². The zero-order valence-electron chi connectivity index (χ0n) is 9.50. The molecule has 1 aromatic heterocycles. The number of carbonyl (C=O) groups excluding carboxylic acids is 1. The van der Waals surface area contributed by atoms with Crippen LogP contribution in [0, 0.1) is 6.92 Å². The second-order valence-electron chi connectivity index (χ2n) is 3.75. The fourth-order valence-electron chi connectivity index (χ4n) is 1.87. The molecule has 0 radical (unpaired) electrons. The Kier molecular flexibility index (Phi) is 3.09. The van der Waals surface area contributed by atoms with Crippen LogP contribution < -0.4 is 0 Å². The number of esters is 1. The summed E-state index contributed by atoms with van der Waals surface area (Å²) in [5, 5.41) is 10.5. The average Bonchev–Trinajstić information content (AvgIpc) is 2.64. The fraction of sp³-hybridized carbons (Fsp3) is 0.250. The number of fused-ring (bicyclic) bond motifs is 1. The maximum Gasteiger partial charge on any atom is 0.340 e. The number of aliphatic hydroxyl groups excluding tert-OH is 1. The van der Waals surface area contributed by atoms with Crippen LogP contribution in [0.4, 0.5) is 0 Å². The van der Waals surface area contributed by atoms with Crippen molar-refractivity contribution in [2.45, 2.75) is 13.5 Å². The SMILES string of the molecule is COC(=O)c1cc(Cl)cc2c(C)c(CO)[nH]c12. The summed E-state index contributed by atoms with van der Waals surface area (Å²) in [6, 6.07) is 3.31. The summed E-state index contributed by atoms with van der Waals surface area (Å²) in [5.41, 5.74) is 2.57. The van der Waals surface area contributed by atoms with Gasteiger partial charge in [-0.2, -0.15) is 0 Å². The summed E-state index contributed by atoms with van der Waals surface area (Å²) >= 11 is 5.97. The third kappa shape index (κ3) is 1.90. The molecule has 0 fully saturated rings. The van der Waals surface area contributed by atoms with E-state index < -0.39 is 5.97 Å². The number of carbonyl (C=O) groups is 1. The van der Waals surface area contributed by atoms with E-state index in [-0.39, 0.29) is 6.61 Å². The van der Waals surface area contributed by atoms with Gasteiger partial charge in [-0.1, -0.05) is 11.6 Å². The number of rotatable bonds is 2. The van der Waals surface area contributed by atoms with Crippen LogP contribution in [0.2, 0.25) is 5.02 Å². The first-order chi connectivity index (χ1) is 8.08. The molecule has 0 unspecified atom stereocenters. The summed E-state index contributed by atoms with van der Waals surface area (Å²) in [4.78, 5) is 14.6. The normalized spacial score (nSPS) is 10.8. The maximum atomic E-state index is 11.6. The summed E-state index contributed by atoms with van der Waals surface area (Å²) in [6.07, 6.45) is 0. The molecule has 2 aromatic rings. The first-order valence-electron chi connectivity index (χ1n) is 5.08. The molecule has 0 aliphatic rings. The number of aromatic nitrogens is 1. The zero-order chi connectivity index (χ0) is 12.6. The number of hydrogen-bond acceptors (Lipinski definition) is 3. The molecular formula is C12H12ClNO3. The number of halogens is 1. The molecule has 0 bridgehead atoms. The van der Waals surface area contributed by atoms with Crippen LogP contribution in [0.3, 0.4) is 0 Å². The molecule has 0 amide bonds. The number of aliphatic hydroxyl groups is 1. The van der Waals surface area contributed by atoms with Gasteiger partial charge in [-0.25, -0.2) is 4.79 Å². The molecule has 4 nitrogen and oxygen atoms in total. The summed E-state index contributed by atoms with van der Waals surface area (Å²) in [7, 11) is 1.32. The predicted molar refractivity (Wildman–Crippen MR) is 65.3 cm³/mol. The molecule has 90 valence electrons. The minimum atomic E-state index is -0.455. The van der Waals surface area contributed by atoms with Crippen molar-refractivity contribution in [1.82, 2.24) is 4.98 Å². The van der Waals surface area contributed by atoms with Crippen molar-refractivity contribution in [3.05, 3.63) is 34.0 Å². The average molecular weight is 254 g/mol. The third-order valence-corrected chi connectivity index (χ3v) is 3.02. The second-order valence-corrected chi connectivity index (χ2v) is 4.19. The lowest BCUT2D eigenvalue weighted by atomic mass is 10.1. The van der Waals surface area contributed by atoms with E-state index in [1.807, 2.05) is 6.92 Å². The highest BCUT2D eigenvalue weighted by Crippen LogP contribution is 2.28. The van der Waals surface area contributed by atoms with E-state index in [1.54, 1.807) is 12.1 Å². The second kappa shape index (κ2) is 4.39. The minimum absolute atomic E-state index is 0.112. The van der Waals surface area contributed by atoms with Gasteiger partial charge in [0.1, 0.15) is 0 Å². The van der Waals surface area contributed by atoms with E-state index in [0.717, 1.165) is 10.9 Å². The van der Waals surface area contributed by atoms with E-state index >= 15 is 0 Å². The van der Waals surface area contributed by atoms with Crippen LogP contribution in [0.5, 0.6) is 0 Å². The molecule has 0 aliphatic carbocycles. The number of aromatic amines is 1.